The van der Waals surface area contributed by atoms with Crippen molar-refractivity contribution in [3.8, 4) is 0 Å². The van der Waals surface area contributed by atoms with Crippen LogP contribution in [0.25, 0.3) is 0 Å². The van der Waals surface area contributed by atoms with Gasteiger partial charge in [-0.2, -0.15) is 4.98 Å². The number of hydrogen-bond acceptors (Lipinski definition) is 5. The Balaban J connectivity index is 0.00000320. The topological polar surface area (TPSA) is 84.1 Å². The van der Waals surface area contributed by atoms with Gasteiger partial charge in [-0.1, -0.05) is 35.0 Å². The summed E-state index contributed by atoms with van der Waals surface area (Å²) in [6.45, 7) is 4.12. The molecular weight excluding hydrogens is 466 g/mol. The SMILES string of the molecule is Cc1cnc(NC2CCC(C(N)=O)(C(C)c3ccc(Br)cc3)CC2)nc1N(C)C.Cl. The molecule has 6 nitrogen and oxygen atoms in total. The van der Waals surface area contributed by atoms with E-state index in [1.807, 2.05) is 44.2 Å². The van der Waals surface area contributed by atoms with Gasteiger partial charge in [-0.3, -0.25) is 4.79 Å². The maximum atomic E-state index is 12.5. The lowest BCUT2D eigenvalue weighted by molar-refractivity contribution is -0.131. The lowest BCUT2D eigenvalue weighted by Gasteiger charge is -2.42. The molecule has 1 atom stereocenters. The first-order valence-corrected chi connectivity index (χ1v) is 10.8. The van der Waals surface area contributed by atoms with E-state index in [0.717, 1.165) is 47.1 Å². The molecule has 0 saturated heterocycles. The van der Waals surface area contributed by atoms with Crippen molar-refractivity contribution >= 4 is 46.0 Å². The van der Waals surface area contributed by atoms with Crippen LogP contribution in [0.15, 0.2) is 34.9 Å². The molecule has 1 aliphatic carbocycles. The number of halogens is 2. The molecule has 1 aliphatic rings. The van der Waals surface area contributed by atoms with Gasteiger partial charge < -0.3 is 16.0 Å². The number of rotatable bonds is 6. The highest BCUT2D eigenvalue weighted by Crippen LogP contribution is 2.47. The molecule has 1 amide bonds. The van der Waals surface area contributed by atoms with Crippen molar-refractivity contribution < 1.29 is 4.79 Å². The zero-order valence-corrected chi connectivity index (χ0v) is 20.4. The smallest absolute Gasteiger partial charge is 0.224 e. The predicted octanol–water partition coefficient (Wildman–Crippen LogP) is 4.67. The quantitative estimate of drug-likeness (QED) is 0.607. The number of nitrogens with two attached hydrogens (primary N) is 1. The zero-order valence-electron chi connectivity index (χ0n) is 18.0. The van der Waals surface area contributed by atoms with Gasteiger partial charge >= 0.3 is 0 Å². The number of amides is 1. The van der Waals surface area contributed by atoms with Gasteiger partial charge in [-0.25, -0.2) is 4.98 Å². The number of carbonyl (C=O) groups excluding carboxylic acids is 1. The number of aromatic nitrogens is 2. The predicted molar refractivity (Wildman–Crippen MR) is 128 cm³/mol. The minimum Gasteiger partial charge on any atom is -0.369 e. The highest BCUT2D eigenvalue weighted by Gasteiger charge is 2.45. The van der Waals surface area contributed by atoms with Crippen LogP contribution in [-0.4, -0.2) is 36.0 Å². The van der Waals surface area contributed by atoms with Gasteiger partial charge in [-0.15, -0.1) is 12.4 Å². The minimum absolute atomic E-state index is 0. The summed E-state index contributed by atoms with van der Waals surface area (Å²) in [5.41, 5.74) is 7.61. The minimum atomic E-state index is -0.519. The van der Waals surface area contributed by atoms with Gasteiger partial charge in [0.15, 0.2) is 0 Å². The molecule has 0 bridgehead atoms. The first kappa shape index (κ1) is 24.4. The van der Waals surface area contributed by atoms with E-state index in [0.29, 0.717) is 5.95 Å². The summed E-state index contributed by atoms with van der Waals surface area (Å²) in [6.07, 6.45) is 5.07. The van der Waals surface area contributed by atoms with Crippen LogP contribution in [0.2, 0.25) is 0 Å². The number of anilines is 2. The molecule has 0 radical (unpaired) electrons. The Kier molecular flexibility index (Phi) is 8.11. The third kappa shape index (κ3) is 5.06. The van der Waals surface area contributed by atoms with Gasteiger partial charge in [0, 0.05) is 36.4 Å². The van der Waals surface area contributed by atoms with E-state index in [1.54, 1.807) is 0 Å². The average Bonchev–Trinajstić information content (AvgIpc) is 2.70. The molecule has 0 aliphatic heterocycles. The molecule has 1 fully saturated rings. The Morgan fingerprint density at radius 2 is 1.87 bits per heavy atom. The standard InChI is InChI=1S/C22H30BrN5O.ClH/c1-14-13-25-21(27-19(14)28(3)4)26-18-9-11-22(12-10-18,20(24)29)15(2)16-5-7-17(23)8-6-16;/h5-8,13,15,18H,9-12H2,1-4H3,(H2,24,29)(H,25,26,27);1H. The second-order valence-electron chi connectivity index (χ2n) is 8.31. The van der Waals surface area contributed by atoms with Crippen LogP contribution >= 0.6 is 28.3 Å². The average molecular weight is 497 g/mol. The van der Waals surface area contributed by atoms with Crippen molar-refractivity contribution in [3.05, 3.63) is 46.1 Å². The number of primary amides is 1. The van der Waals surface area contributed by atoms with Crippen molar-refractivity contribution in [2.24, 2.45) is 11.1 Å². The molecular formula is C22H31BrClN5O. The number of benzene rings is 1. The number of aryl methyl sites for hydroxylation is 1. The van der Waals surface area contributed by atoms with Crippen molar-refractivity contribution in [3.63, 3.8) is 0 Å². The Hall–Kier alpha value is -1.86. The maximum absolute atomic E-state index is 12.5. The number of carbonyl (C=O) groups is 1. The van der Waals surface area contributed by atoms with Crippen LogP contribution in [0.5, 0.6) is 0 Å². The van der Waals surface area contributed by atoms with Crippen molar-refractivity contribution in [1.29, 1.82) is 0 Å². The Morgan fingerprint density at radius 3 is 2.40 bits per heavy atom. The summed E-state index contributed by atoms with van der Waals surface area (Å²) in [5, 5.41) is 3.46. The van der Waals surface area contributed by atoms with E-state index >= 15 is 0 Å². The first-order valence-electron chi connectivity index (χ1n) is 10.1. The fourth-order valence-electron chi connectivity index (χ4n) is 4.38. The molecule has 30 heavy (non-hydrogen) atoms. The van der Waals surface area contributed by atoms with Crippen LogP contribution in [0.4, 0.5) is 11.8 Å². The lowest BCUT2D eigenvalue weighted by atomic mass is 9.63. The highest BCUT2D eigenvalue weighted by molar-refractivity contribution is 9.10. The van der Waals surface area contributed by atoms with Gasteiger partial charge in [0.05, 0.1) is 5.41 Å². The van der Waals surface area contributed by atoms with Crippen LogP contribution in [0.1, 0.15) is 49.7 Å². The fraction of sp³-hybridized carbons (Fsp3) is 0.500. The third-order valence-electron chi connectivity index (χ3n) is 6.27. The van der Waals surface area contributed by atoms with E-state index in [1.165, 1.54) is 0 Å². The molecule has 1 aromatic carbocycles. The summed E-state index contributed by atoms with van der Waals surface area (Å²) in [7, 11) is 3.95. The van der Waals surface area contributed by atoms with E-state index in [-0.39, 0.29) is 30.3 Å². The second kappa shape index (κ2) is 9.96. The van der Waals surface area contributed by atoms with Gasteiger partial charge in [0.25, 0.3) is 0 Å². The van der Waals surface area contributed by atoms with E-state index < -0.39 is 5.41 Å². The fourth-order valence-corrected chi connectivity index (χ4v) is 4.64. The van der Waals surface area contributed by atoms with E-state index in [2.05, 4.69) is 50.3 Å². The first-order chi connectivity index (χ1) is 13.7. The van der Waals surface area contributed by atoms with Crippen molar-refractivity contribution in [2.75, 3.05) is 24.3 Å². The Bertz CT molecular complexity index is 866. The van der Waals surface area contributed by atoms with E-state index in [4.69, 9.17) is 5.73 Å². The monoisotopic (exact) mass is 495 g/mol. The molecule has 3 N–H and O–H groups in total. The molecule has 1 saturated carbocycles. The lowest BCUT2D eigenvalue weighted by Crippen LogP contribution is -2.46. The van der Waals surface area contributed by atoms with Gasteiger partial charge in [0.2, 0.25) is 11.9 Å². The van der Waals surface area contributed by atoms with Crippen molar-refractivity contribution in [2.45, 2.75) is 51.5 Å². The summed E-state index contributed by atoms with van der Waals surface area (Å²) in [5.74, 6) is 1.42. The van der Waals surface area contributed by atoms with Crippen LogP contribution in [0.3, 0.4) is 0 Å². The molecule has 1 unspecified atom stereocenters. The molecule has 0 spiro atoms. The number of nitrogens with zero attached hydrogens (tertiary/aromatic N) is 3. The molecule has 164 valence electrons. The molecule has 1 aromatic heterocycles. The summed E-state index contributed by atoms with van der Waals surface area (Å²) >= 11 is 3.48. The summed E-state index contributed by atoms with van der Waals surface area (Å²) in [6, 6.07) is 8.42. The van der Waals surface area contributed by atoms with Crippen molar-refractivity contribution in [1.82, 2.24) is 9.97 Å². The maximum Gasteiger partial charge on any atom is 0.224 e. The summed E-state index contributed by atoms with van der Waals surface area (Å²) in [4.78, 5) is 23.6. The largest absolute Gasteiger partial charge is 0.369 e. The number of hydrogen-bond donors (Lipinski definition) is 2. The molecule has 8 heteroatoms. The Morgan fingerprint density at radius 1 is 1.27 bits per heavy atom. The highest BCUT2D eigenvalue weighted by atomic mass is 79.9. The molecule has 1 heterocycles. The van der Waals surface area contributed by atoms with Crippen LogP contribution < -0.4 is 16.0 Å². The summed E-state index contributed by atoms with van der Waals surface area (Å²) < 4.78 is 1.03. The van der Waals surface area contributed by atoms with Gasteiger partial charge in [-0.05, 0) is 56.2 Å². The molecule has 2 aromatic rings. The Labute approximate surface area is 193 Å². The van der Waals surface area contributed by atoms with Crippen LogP contribution in [-0.2, 0) is 4.79 Å². The van der Waals surface area contributed by atoms with E-state index in [9.17, 15) is 4.79 Å². The normalized spacial score (nSPS) is 22.0. The second-order valence-corrected chi connectivity index (χ2v) is 9.22. The zero-order chi connectivity index (χ0) is 21.2. The third-order valence-corrected chi connectivity index (χ3v) is 6.80. The van der Waals surface area contributed by atoms with Gasteiger partial charge in [0.1, 0.15) is 5.82 Å². The molecule has 3 rings (SSSR count). The van der Waals surface area contributed by atoms with Crippen LogP contribution in [0, 0.1) is 12.3 Å². The number of nitrogens with one attached hydrogen (secondary N) is 1.